The number of hydrogen-bond acceptors (Lipinski definition) is 2. The van der Waals surface area contributed by atoms with E-state index in [-0.39, 0.29) is 20.3 Å². The Morgan fingerprint density at radius 2 is 1.60 bits per heavy atom. The van der Waals surface area contributed by atoms with Crippen molar-refractivity contribution in [1.29, 1.82) is 0 Å². The first kappa shape index (κ1) is 12.8. The predicted octanol–water partition coefficient (Wildman–Crippen LogP) is 3.48. The highest BCUT2D eigenvalue weighted by atomic mass is 79.9. The lowest BCUT2D eigenvalue weighted by Gasteiger charge is -2.16. The van der Waals surface area contributed by atoms with Crippen molar-refractivity contribution in [2.45, 2.75) is 12.2 Å². The molecule has 0 radical (unpaired) electrons. The smallest absolute Gasteiger partial charge is 0.407 e. The molecule has 1 atom stereocenters. The van der Waals surface area contributed by atoms with Gasteiger partial charge >= 0.3 is 6.18 Å². The van der Waals surface area contributed by atoms with Gasteiger partial charge in [-0.15, -0.1) is 0 Å². The van der Waals surface area contributed by atoms with Crippen LogP contribution in [0, 0.1) is 0 Å². The van der Waals surface area contributed by atoms with Crippen molar-refractivity contribution in [2.24, 2.45) is 5.73 Å². The van der Waals surface area contributed by atoms with Crippen molar-refractivity contribution in [3.8, 4) is 5.75 Å². The summed E-state index contributed by atoms with van der Waals surface area (Å²) in [7, 11) is 0. The Kier molecular flexibility index (Phi) is 3.67. The highest BCUT2D eigenvalue weighted by Crippen LogP contribution is 2.38. The van der Waals surface area contributed by atoms with Gasteiger partial charge in [-0.1, -0.05) is 0 Å². The van der Waals surface area contributed by atoms with Gasteiger partial charge in [0.25, 0.3) is 0 Å². The third kappa shape index (κ3) is 2.85. The monoisotopic (exact) mass is 347 g/mol. The molecular formula is C8H6Br2F3NO. The first-order valence-electron chi connectivity index (χ1n) is 3.73. The first-order valence-corrected chi connectivity index (χ1v) is 5.32. The lowest BCUT2D eigenvalue weighted by Crippen LogP contribution is -2.28. The van der Waals surface area contributed by atoms with E-state index in [0.717, 1.165) is 12.1 Å². The minimum atomic E-state index is -4.50. The fourth-order valence-electron chi connectivity index (χ4n) is 0.954. The molecule has 1 rings (SSSR count). The summed E-state index contributed by atoms with van der Waals surface area (Å²) < 4.78 is 37.2. The molecule has 2 nitrogen and oxygen atoms in total. The molecule has 0 aromatic heterocycles. The maximum atomic E-state index is 12.3. The number of alkyl halides is 3. The van der Waals surface area contributed by atoms with E-state index >= 15 is 0 Å². The van der Waals surface area contributed by atoms with E-state index < -0.39 is 12.2 Å². The largest absolute Gasteiger partial charge is 0.506 e. The van der Waals surface area contributed by atoms with Crippen molar-refractivity contribution >= 4 is 31.9 Å². The summed E-state index contributed by atoms with van der Waals surface area (Å²) in [4.78, 5) is 0. The molecule has 0 saturated carbocycles. The third-order valence-corrected chi connectivity index (χ3v) is 2.96. The van der Waals surface area contributed by atoms with Gasteiger partial charge in [0.15, 0.2) is 0 Å². The molecule has 1 aromatic carbocycles. The zero-order valence-electron chi connectivity index (χ0n) is 7.15. The Labute approximate surface area is 101 Å². The lowest BCUT2D eigenvalue weighted by atomic mass is 10.1. The molecule has 0 bridgehead atoms. The van der Waals surface area contributed by atoms with E-state index in [1.807, 2.05) is 0 Å². The van der Waals surface area contributed by atoms with Crippen molar-refractivity contribution in [3.63, 3.8) is 0 Å². The van der Waals surface area contributed by atoms with E-state index in [4.69, 9.17) is 5.73 Å². The van der Waals surface area contributed by atoms with Crippen LogP contribution in [0.5, 0.6) is 5.75 Å². The van der Waals surface area contributed by atoms with Crippen LogP contribution in [0.2, 0.25) is 0 Å². The fraction of sp³-hybridized carbons (Fsp3) is 0.250. The molecule has 0 unspecified atom stereocenters. The Morgan fingerprint density at radius 3 is 1.93 bits per heavy atom. The second-order valence-electron chi connectivity index (χ2n) is 2.85. The number of hydrogen-bond donors (Lipinski definition) is 2. The Morgan fingerprint density at radius 1 is 1.20 bits per heavy atom. The molecule has 84 valence electrons. The number of halogens is 5. The summed E-state index contributed by atoms with van der Waals surface area (Å²) in [5.74, 6) is -0.159. The van der Waals surface area contributed by atoms with E-state index in [2.05, 4.69) is 31.9 Å². The summed E-state index contributed by atoms with van der Waals surface area (Å²) in [5, 5.41) is 9.30. The number of benzene rings is 1. The summed E-state index contributed by atoms with van der Waals surface area (Å²) in [6.45, 7) is 0. The van der Waals surface area contributed by atoms with Gasteiger partial charge < -0.3 is 10.8 Å². The number of nitrogens with two attached hydrogens (primary N) is 1. The van der Waals surface area contributed by atoms with E-state index in [1.165, 1.54) is 0 Å². The molecule has 0 amide bonds. The molecule has 3 N–H and O–H groups in total. The molecule has 0 heterocycles. The van der Waals surface area contributed by atoms with Gasteiger partial charge in [-0.3, -0.25) is 0 Å². The highest BCUT2D eigenvalue weighted by Gasteiger charge is 2.38. The number of phenols is 1. The zero-order valence-corrected chi connectivity index (χ0v) is 10.3. The van der Waals surface area contributed by atoms with E-state index in [0.29, 0.717) is 0 Å². The molecular weight excluding hydrogens is 343 g/mol. The molecule has 0 aliphatic carbocycles. The van der Waals surface area contributed by atoms with Gasteiger partial charge in [0.1, 0.15) is 11.8 Å². The maximum Gasteiger partial charge on any atom is 0.407 e. The second-order valence-corrected chi connectivity index (χ2v) is 4.56. The average Bonchev–Trinajstić information content (AvgIpc) is 2.10. The molecule has 1 aromatic rings. The summed E-state index contributed by atoms with van der Waals surface area (Å²) >= 11 is 5.86. The maximum absolute atomic E-state index is 12.3. The quantitative estimate of drug-likeness (QED) is 0.816. The summed E-state index contributed by atoms with van der Waals surface area (Å²) in [5.41, 5.74) is 4.89. The van der Waals surface area contributed by atoms with Crippen LogP contribution in [0.25, 0.3) is 0 Å². The Bertz CT molecular complexity index is 358. The molecule has 7 heteroatoms. The minimum absolute atomic E-state index is 0.126. The third-order valence-electron chi connectivity index (χ3n) is 1.75. The molecule has 0 spiro atoms. The van der Waals surface area contributed by atoms with E-state index in [9.17, 15) is 18.3 Å². The topological polar surface area (TPSA) is 46.2 Å². The zero-order chi connectivity index (χ0) is 11.8. The second kappa shape index (κ2) is 4.31. The lowest BCUT2D eigenvalue weighted by molar-refractivity contribution is -0.149. The Hall–Kier alpha value is -0.270. The molecule has 0 saturated heterocycles. The summed E-state index contributed by atoms with van der Waals surface area (Å²) in [6.07, 6.45) is -4.50. The van der Waals surface area contributed by atoms with Crippen LogP contribution < -0.4 is 5.73 Å². The van der Waals surface area contributed by atoms with Crippen LogP contribution in [0.15, 0.2) is 21.1 Å². The normalized spacial score (nSPS) is 14.0. The van der Waals surface area contributed by atoms with E-state index in [1.54, 1.807) is 0 Å². The molecule has 15 heavy (non-hydrogen) atoms. The standard InChI is InChI=1S/C8H6Br2F3NO/c9-4-1-3(2-5(10)6(4)15)7(14)8(11,12)13/h1-2,7,15H,14H2/t7-/m1/s1. The Balaban J connectivity index is 3.17. The van der Waals surface area contributed by atoms with Gasteiger partial charge in [-0.25, -0.2) is 0 Å². The van der Waals surface area contributed by atoms with Crippen LogP contribution >= 0.6 is 31.9 Å². The molecule has 0 fully saturated rings. The molecule has 0 aliphatic heterocycles. The van der Waals surface area contributed by atoms with Gasteiger partial charge in [0, 0.05) is 0 Å². The van der Waals surface area contributed by atoms with Crippen LogP contribution in [0.3, 0.4) is 0 Å². The van der Waals surface area contributed by atoms with Crippen molar-refractivity contribution in [1.82, 2.24) is 0 Å². The van der Waals surface area contributed by atoms with Crippen LogP contribution in [-0.2, 0) is 0 Å². The van der Waals surface area contributed by atoms with Crippen molar-refractivity contribution in [2.75, 3.05) is 0 Å². The van der Waals surface area contributed by atoms with Gasteiger partial charge in [-0.2, -0.15) is 13.2 Å². The summed E-state index contributed by atoms with van der Waals surface area (Å²) in [6, 6.07) is 0.210. The minimum Gasteiger partial charge on any atom is -0.506 e. The SMILES string of the molecule is N[C@H](c1cc(Br)c(O)c(Br)c1)C(F)(F)F. The first-order chi connectivity index (χ1) is 6.73. The predicted molar refractivity (Wildman–Crippen MR) is 56.5 cm³/mol. The van der Waals surface area contributed by atoms with Gasteiger partial charge in [0.05, 0.1) is 8.95 Å². The highest BCUT2D eigenvalue weighted by molar-refractivity contribution is 9.11. The number of rotatable bonds is 1. The van der Waals surface area contributed by atoms with Crippen molar-refractivity contribution in [3.05, 3.63) is 26.6 Å². The molecule has 0 aliphatic rings. The van der Waals surface area contributed by atoms with Crippen LogP contribution in [0.1, 0.15) is 11.6 Å². The van der Waals surface area contributed by atoms with Crippen LogP contribution in [-0.4, -0.2) is 11.3 Å². The fourth-order valence-corrected chi connectivity index (χ4v) is 2.18. The number of aromatic hydroxyl groups is 1. The van der Waals surface area contributed by atoms with Gasteiger partial charge in [-0.05, 0) is 49.6 Å². The average molecular weight is 349 g/mol. The van der Waals surface area contributed by atoms with Crippen LogP contribution in [0.4, 0.5) is 13.2 Å². The van der Waals surface area contributed by atoms with Crippen molar-refractivity contribution < 1.29 is 18.3 Å². The van der Waals surface area contributed by atoms with Gasteiger partial charge in [0.2, 0.25) is 0 Å². The number of phenolic OH excluding ortho intramolecular Hbond substituents is 1.